The molecule has 1 atom stereocenters. The molecule has 0 spiro atoms. The summed E-state index contributed by atoms with van der Waals surface area (Å²) in [7, 11) is 1.68. The van der Waals surface area contributed by atoms with Crippen molar-refractivity contribution in [3.8, 4) is 5.75 Å². The summed E-state index contributed by atoms with van der Waals surface area (Å²) < 4.78 is 5.23. The lowest BCUT2D eigenvalue weighted by Gasteiger charge is -2.18. The van der Waals surface area contributed by atoms with Gasteiger partial charge in [0.05, 0.1) is 7.11 Å². The van der Waals surface area contributed by atoms with Gasteiger partial charge in [-0.3, -0.25) is 0 Å². The number of nitrogens with two attached hydrogens (primary N) is 1. The van der Waals surface area contributed by atoms with E-state index in [4.69, 9.17) is 10.5 Å². The molecule has 0 aliphatic heterocycles. The van der Waals surface area contributed by atoms with Crippen molar-refractivity contribution in [3.63, 3.8) is 0 Å². The van der Waals surface area contributed by atoms with Crippen LogP contribution in [0.3, 0.4) is 0 Å². The number of anilines is 1. The molecule has 1 unspecified atom stereocenters. The fourth-order valence-electron chi connectivity index (χ4n) is 2.18. The van der Waals surface area contributed by atoms with E-state index in [2.05, 4.69) is 29.6 Å². The minimum atomic E-state index is 0.266. The third kappa shape index (κ3) is 4.28. The SMILES string of the molecule is COc1cccc(NC(CN)CCc2ccccc2)c1. The highest BCUT2D eigenvalue weighted by atomic mass is 16.5. The summed E-state index contributed by atoms with van der Waals surface area (Å²) in [4.78, 5) is 0. The summed E-state index contributed by atoms with van der Waals surface area (Å²) in [5.74, 6) is 0.855. The van der Waals surface area contributed by atoms with Gasteiger partial charge in [0.25, 0.3) is 0 Å². The summed E-state index contributed by atoms with van der Waals surface area (Å²) in [6.07, 6.45) is 2.04. The largest absolute Gasteiger partial charge is 0.497 e. The summed E-state index contributed by atoms with van der Waals surface area (Å²) in [6.45, 7) is 0.615. The van der Waals surface area contributed by atoms with E-state index in [0.29, 0.717) is 6.54 Å². The number of hydrogen-bond donors (Lipinski definition) is 2. The van der Waals surface area contributed by atoms with Crippen molar-refractivity contribution >= 4 is 5.69 Å². The number of hydrogen-bond acceptors (Lipinski definition) is 3. The smallest absolute Gasteiger partial charge is 0.120 e. The number of ether oxygens (including phenoxy) is 1. The van der Waals surface area contributed by atoms with Gasteiger partial charge in [0.15, 0.2) is 0 Å². The normalized spacial score (nSPS) is 11.9. The molecule has 2 rings (SSSR count). The molecule has 2 aromatic carbocycles. The molecule has 20 heavy (non-hydrogen) atoms. The molecule has 0 aromatic heterocycles. The van der Waals surface area contributed by atoms with Crippen LogP contribution in [0, 0.1) is 0 Å². The fraction of sp³-hybridized carbons (Fsp3) is 0.294. The summed E-state index contributed by atoms with van der Waals surface area (Å²) in [5, 5.41) is 3.47. The molecule has 0 radical (unpaired) electrons. The van der Waals surface area contributed by atoms with Crippen LogP contribution in [0.2, 0.25) is 0 Å². The van der Waals surface area contributed by atoms with Crippen LogP contribution >= 0.6 is 0 Å². The second kappa shape index (κ2) is 7.56. The van der Waals surface area contributed by atoms with Crippen molar-refractivity contribution < 1.29 is 4.74 Å². The summed E-state index contributed by atoms with van der Waals surface area (Å²) in [6, 6.07) is 18.7. The Balaban J connectivity index is 1.91. The van der Waals surface area contributed by atoms with Crippen molar-refractivity contribution in [3.05, 3.63) is 60.2 Å². The standard InChI is InChI=1S/C17H22N2O/c1-20-17-9-5-8-15(12-17)19-16(13-18)11-10-14-6-3-2-4-7-14/h2-9,12,16,19H,10-11,13,18H2,1H3. The third-order valence-electron chi connectivity index (χ3n) is 3.35. The molecule has 0 bridgehead atoms. The van der Waals surface area contributed by atoms with E-state index in [9.17, 15) is 0 Å². The highest BCUT2D eigenvalue weighted by molar-refractivity contribution is 5.48. The maximum atomic E-state index is 5.86. The third-order valence-corrected chi connectivity index (χ3v) is 3.35. The molecule has 0 aliphatic carbocycles. The van der Waals surface area contributed by atoms with E-state index < -0.39 is 0 Å². The van der Waals surface area contributed by atoms with Crippen LogP contribution in [0.1, 0.15) is 12.0 Å². The first-order chi connectivity index (χ1) is 9.81. The zero-order valence-corrected chi connectivity index (χ0v) is 11.9. The van der Waals surface area contributed by atoms with Crippen LogP contribution in [-0.2, 0) is 6.42 Å². The number of methoxy groups -OCH3 is 1. The highest BCUT2D eigenvalue weighted by Gasteiger charge is 2.07. The lowest BCUT2D eigenvalue weighted by Crippen LogP contribution is -2.29. The predicted octanol–water partition coefficient (Wildman–Crippen LogP) is 3.07. The van der Waals surface area contributed by atoms with E-state index in [1.165, 1.54) is 5.56 Å². The fourth-order valence-corrected chi connectivity index (χ4v) is 2.18. The van der Waals surface area contributed by atoms with Gasteiger partial charge in [0.2, 0.25) is 0 Å². The van der Waals surface area contributed by atoms with Gasteiger partial charge >= 0.3 is 0 Å². The zero-order valence-electron chi connectivity index (χ0n) is 11.9. The second-order valence-electron chi connectivity index (χ2n) is 4.83. The van der Waals surface area contributed by atoms with Gasteiger partial charge in [0.1, 0.15) is 5.75 Å². The quantitative estimate of drug-likeness (QED) is 0.813. The molecular weight excluding hydrogens is 248 g/mol. The van der Waals surface area contributed by atoms with Gasteiger partial charge in [-0.05, 0) is 30.5 Å². The maximum absolute atomic E-state index is 5.86. The maximum Gasteiger partial charge on any atom is 0.120 e. The number of rotatable bonds is 7. The molecular formula is C17H22N2O. The van der Waals surface area contributed by atoms with Crippen molar-refractivity contribution in [1.82, 2.24) is 0 Å². The minimum absolute atomic E-state index is 0.266. The van der Waals surface area contributed by atoms with E-state index >= 15 is 0 Å². The highest BCUT2D eigenvalue weighted by Crippen LogP contribution is 2.18. The molecule has 3 heteroatoms. The first-order valence-electron chi connectivity index (χ1n) is 6.96. The zero-order chi connectivity index (χ0) is 14.2. The van der Waals surface area contributed by atoms with E-state index in [1.807, 2.05) is 30.3 Å². The molecule has 0 aliphatic rings. The Morgan fingerprint density at radius 3 is 2.60 bits per heavy atom. The monoisotopic (exact) mass is 270 g/mol. The topological polar surface area (TPSA) is 47.3 Å². The summed E-state index contributed by atoms with van der Waals surface area (Å²) >= 11 is 0. The Hall–Kier alpha value is -2.00. The van der Waals surface area contributed by atoms with Crippen LogP contribution in [-0.4, -0.2) is 19.7 Å². The van der Waals surface area contributed by atoms with Crippen molar-refractivity contribution in [2.24, 2.45) is 5.73 Å². The Morgan fingerprint density at radius 1 is 1.10 bits per heavy atom. The molecule has 3 nitrogen and oxygen atoms in total. The van der Waals surface area contributed by atoms with E-state index in [1.54, 1.807) is 7.11 Å². The van der Waals surface area contributed by atoms with Crippen molar-refractivity contribution in [2.75, 3.05) is 19.0 Å². The minimum Gasteiger partial charge on any atom is -0.497 e. The van der Waals surface area contributed by atoms with Gasteiger partial charge in [0, 0.05) is 24.3 Å². The van der Waals surface area contributed by atoms with Gasteiger partial charge in [-0.25, -0.2) is 0 Å². The van der Waals surface area contributed by atoms with Gasteiger partial charge in [-0.2, -0.15) is 0 Å². The molecule has 2 aromatic rings. The average molecular weight is 270 g/mol. The molecule has 0 saturated carbocycles. The second-order valence-corrected chi connectivity index (χ2v) is 4.83. The number of nitrogens with one attached hydrogen (secondary N) is 1. The Bertz CT molecular complexity index is 513. The average Bonchev–Trinajstić information content (AvgIpc) is 2.52. The van der Waals surface area contributed by atoms with E-state index in [-0.39, 0.29) is 6.04 Å². The predicted molar refractivity (Wildman–Crippen MR) is 84.2 cm³/mol. The van der Waals surface area contributed by atoms with Crippen LogP contribution in [0.5, 0.6) is 5.75 Å². The van der Waals surface area contributed by atoms with Crippen LogP contribution in [0.25, 0.3) is 0 Å². The Morgan fingerprint density at radius 2 is 1.90 bits per heavy atom. The number of benzene rings is 2. The number of aryl methyl sites for hydroxylation is 1. The van der Waals surface area contributed by atoms with Gasteiger partial charge in [-0.1, -0.05) is 36.4 Å². The molecule has 0 heterocycles. The Labute approximate surface area is 120 Å². The molecule has 0 fully saturated rings. The molecule has 0 saturated heterocycles. The molecule has 106 valence electrons. The van der Waals surface area contributed by atoms with E-state index in [0.717, 1.165) is 24.3 Å². The van der Waals surface area contributed by atoms with Crippen LogP contribution in [0.15, 0.2) is 54.6 Å². The first kappa shape index (κ1) is 14.4. The van der Waals surface area contributed by atoms with Gasteiger partial charge < -0.3 is 15.8 Å². The lowest BCUT2D eigenvalue weighted by molar-refractivity contribution is 0.415. The van der Waals surface area contributed by atoms with Gasteiger partial charge in [-0.15, -0.1) is 0 Å². The van der Waals surface area contributed by atoms with Crippen molar-refractivity contribution in [2.45, 2.75) is 18.9 Å². The van der Waals surface area contributed by atoms with Crippen molar-refractivity contribution in [1.29, 1.82) is 0 Å². The molecule has 3 N–H and O–H groups in total. The summed E-state index contributed by atoms with van der Waals surface area (Å²) in [5.41, 5.74) is 8.26. The lowest BCUT2D eigenvalue weighted by atomic mass is 10.0. The van der Waals surface area contributed by atoms with Crippen LogP contribution < -0.4 is 15.8 Å². The Kier molecular flexibility index (Phi) is 5.44. The first-order valence-corrected chi connectivity index (χ1v) is 6.96. The molecule has 0 amide bonds. The van der Waals surface area contributed by atoms with Crippen LogP contribution in [0.4, 0.5) is 5.69 Å².